The van der Waals surface area contributed by atoms with Crippen molar-refractivity contribution in [1.82, 2.24) is 30.0 Å². The van der Waals surface area contributed by atoms with E-state index in [2.05, 4.69) is 20.4 Å². The van der Waals surface area contributed by atoms with Crippen molar-refractivity contribution in [2.45, 2.75) is 43.7 Å². The van der Waals surface area contributed by atoms with Gasteiger partial charge in [-0.25, -0.2) is 0 Å². The van der Waals surface area contributed by atoms with Gasteiger partial charge < -0.3 is 15.1 Å². The Bertz CT molecular complexity index is 884. The van der Waals surface area contributed by atoms with Crippen molar-refractivity contribution < 1.29 is 9.59 Å². The molecule has 5 rings (SSSR count). The van der Waals surface area contributed by atoms with Crippen LogP contribution < -0.4 is 10.2 Å². The van der Waals surface area contributed by atoms with Crippen molar-refractivity contribution >= 4 is 23.3 Å². The monoisotopic (exact) mass is 355 g/mol. The Labute approximate surface area is 150 Å². The van der Waals surface area contributed by atoms with E-state index >= 15 is 0 Å². The summed E-state index contributed by atoms with van der Waals surface area (Å²) in [7, 11) is 1.82. The molecule has 3 aliphatic rings. The SMILES string of the molecule is CN(C(=O)C1CCC(=O)N1)C1CN(c2ccc3nnc(C4CC4)n3n2)C1. The molecule has 1 N–H and O–H groups in total. The standard InChI is InChI=1S/C17H21N7O2/c1-22(17(26)12-4-7-15(25)18-12)11-8-23(9-11)14-6-5-13-19-20-16(10-2-3-10)24(13)21-14/h5-6,10-12H,2-4,7-9H2,1H3,(H,18,25). The molecule has 0 bridgehead atoms. The third kappa shape index (κ3) is 2.49. The highest BCUT2D eigenvalue weighted by atomic mass is 16.2. The number of anilines is 1. The number of likely N-dealkylation sites (N-methyl/N-ethyl adjacent to an activating group) is 1. The highest BCUT2D eigenvalue weighted by Gasteiger charge is 2.38. The normalized spacial score (nSPS) is 23.2. The van der Waals surface area contributed by atoms with Crippen molar-refractivity contribution in [3.05, 3.63) is 18.0 Å². The van der Waals surface area contributed by atoms with Crippen molar-refractivity contribution in [2.75, 3.05) is 25.0 Å². The number of fused-ring (bicyclic) bond motifs is 1. The number of carbonyl (C=O) groups is 2. The van der Waals surface area contributed by atoms with Crippen LogP contribution in [0.15, 0.2) is 12.1 Å². The van der Waals surface area contributed by atoms with E-state index in [1.807, 2.05) is 23.7 Å². The van der Waals surface area contributed by atoms with Gasteiger partial charge >= 0.3 is 0 Å². The van der Waals surface area contributed by atoms with Crippen molar-refractivity contribution in [3.8, 4) is 0 Å². The quantitative estimate of drug-likeness (QED) is 0.825. The minimum Gasteiger partial charge on any atom is -0.351 e. The first-order valence-corrected chi connectivity index (χ1v) is 9.13. The molecule has 2 aromatic rings. The molecule has 136 valence electrons. The summed E-state index contributed by atoms with van der Waals surface area (Å²) in [5, 5.41) is 15.9. The lowest BCUT2D eigenvalue weighted by Gasteiger charge is -2.45. The van der Waals surface area contributed by atoms with Crippen LogP contribution in [-0.4, -0.2) is 68.7 Å². The zero-order valence-electron chi connectivity index (χ0n) is 14.6. The van der Waals surface area contributed by atoms with E-state index in [-0.39, 0.29) is 23.9 Å². The number of nitrogens with zero attached hydrogens (tertiary/aromatic N) is 6. The minimum atomic E-state index is -0.367. The summed E-state index contributed by atoms with van der Waals surface area (Å²) < 4.78 is 1.85. The molecule has 1 saturated carbocycles. The summed E-state index contributed by atoms with van der Waals surface area (Å²) in [5.41, 5.74) is 0.775. The molecule has 9 heteroatoms. The summed E-state index contributed by atoms with van der Waals surface area (Å²) in [4.78, 5) is 27.7. The summed E-state index contributed by atoms with van der Waals surface area (Å²) in [6.45, 7) is 1.48. The highest BCUT2D eigenvalue weighted by Crippen LogP contribution is 2.38. The Balaban J connectivity index is 1.26. The molecule has 0 spiro atoms. The third-order valence-corrected chi connectivity index (χ3v) is 5.59. The van der Waals surface area contributed by atoms with E-state index in [1.165, 1.54) is 0 Å². The first-order chi connectivity index (χ1) is 12.6. The van der Waals surface area contributed by atoms with E-state index in [4.69, 9.17) is 5.10 Å². The van der Waals surface area contributed by atoms with Crippen LogP contribution in [0.2, 0.25) is 0 Å². The summed E-state index contributed by atoms with van der Waals surface area (Å²) >= 11 is 0. The lowest BCUT2D eigenvalue weighted by atomic mass is 10.1. The maximum Gasteiger partial charge on any atom is 0.245 e. The number of nitrogens with one attached hydrogen (secondary N) is 1. The fourth-order valence-electron chi connectivity index (χ4n) is 3.67. The van der Waals surface area contributed by atoms with Crippen LogP contribution in [0.1, 0.15) is 37.4 Å². The van der Waals surface area contributed by atoms with Gasteiger partial charge in [0.15, 0.2) is 11.5 Å². The maximum absolute atomic E-state index is 12.5. The van der Waals surface area contributed by atoms with E-state index in [1.54, 1.807) is 4.90 Å². The molecular formula is C17H21N7O2. The molecule has 26 heavy (non-hydrogen) atoms. The van der Waals surface area contributed by atoms with Crippen LogP contribution in [0.25, 0.3) is 5.65 Å². The molecule has 1 aliphatic carbocycles. The Morgan fingerprint density at radius 2 is 2.04 bits per heavy atom. The van der Waals surface area contributed by atoms with Crippen LogP contribution in [0.3, 0.4) is 0 Å². The second kappa shape index (κ2) is 5.65. The van der Waals surface area contributed by atoms with Gasteiger partial charge in [0.1, 0.15) is 11.9 Å². The van der Waals surface area contributed by atoms with Gasteiger partial charge in [-0.1, -0.05) is 0 Å². The molecule has 4 heterocycles. The Morgan fingerprint density at radius 1 is 1.23 bits per heavy atom. The second-order valence-corrected chi connectivity index (χ2v) is 7.46. The topological polar surface area (TPSA) is 95.7 Å². The average molecular weight is 355 g/mol. The molecular weight excluding hydrogens is 334 g/mol. The van der Waals surface area contributed by atoms with Crippen molar-refractivity contribution in [2.24, 2.45) is 0 Å². The van der Waals surface area contributed by atoms with Gasteiger partial charge in [0.25, 0.3) is 0 Å². The Hall–Kier alpha value is -2.71. The molecule has 0 radical (unpaired) electrons. The average Bonchev–Trinajstić information content (AvgIpc) is 3.21. The molecule has 2 saturated heterocycles. The van der Waals surface area contributed by atoms with Crippen LogP contribution in [0.4, 0.5) is 5.82 Å². The number of aromatic nitrogens is 4. The Morgan fingerprint density at radius 3 is 2.73 bits per heavy atom. The van der Waals surface area contributed by atoms with Gasteiger partial charge in [-0.05, 0) is 31.4 Å². The third-order valence-electron chi connectivity index (χ3n) is 5.59. The smallest absolute Gasteiger partial charge is 0.245 e. The Kier molecular flexibility index (Phi) is 3.38. The number of hydrogen-bond acceptors (Lipinski definition) is 6. The van der Waals surface area contributed by atoms with Crippen LogP contribution >= 0.6 is 0 Å². The lowest BCUT2D eigenvalue weighted by molar-refractivity contribution is -0.135. The van der Waals surface area contributed by atoms with E-state index < -0.39 is 0 Å². The minimum absolute atomic E-state index is 0.00117. The van der Waals surface area contributed by atoms with Gasteiger partial charge in [-0.3, -0.25) is 9.59 Å². The van der Waals surface area contributed by atoms with Crippen molar-refractivity contribution in [1.29, 1.82) is 0 Å². The molecule has 1 unspecified atom stereocenters. The summed E-state index contributed by atoms with van der Waals surface area (Å²) in [5.74, 6) is 2.28. The van der Waals surface area contributed by atoms with E-state index in [0.717, 1.165) is 43.2 Å². The first-order valence-electron chi connectivity index (χ1n) is 9.13. The number of amides is 2. The molecule has 0 aromatic carbocycles. The van der Waals surface area contributed by atoms with Gasteiger partial charge in [0, 0.05) is 32.5 Å². The highest BCUT2D eigenvalue weighted by molar-refractivity contribution is 5.91. The zero-order chi connectivity index (χ0) is 17.8. The maximum atomic E-state index is 12.5. The first kappa shape index (κ1) is 15.5. The number of carbonyl (C=O) groups excluding carboxylic acids is 2. The predicted octanol–water partition coefficient (Wildman–Crippen LogP) is -0.0727. The van der Waals surface area contributed by atoms with E-state index in [9.17, 15) is 9.59 Å². The summed E-state index contributed by atoms with van der Waals surface area (Å²) in [6.07, 6.45) is 3.34. The molecule has 2 aromatic heterocycles. The van der Waals surface area contributed by atoms with Gasteiger partial charge in [-0.2, -0.15) is 4.52 Å². The molecule has 2 aliphatic heterocycles. The zero-order valence-corrected chi connectivity index (χ0v) is 14.6. The van der Waals surface area contributed by atoms with Gasteiger partial charge in [0.05, 0.1) is 6.04 Å². The van der Waals surface area contributed by atoms with Gasteiger partial charge in [-0.15, -0.1) is 15.3 Å². The fourth-order valence-corrected chi connectivity index (χ4v) is 3.67. The predicted molar refractivity (Wildman–Crippen MR) is 92.7 cm³/mol. The fraction of sp³-hybridized carbons (Fsp3) is 0.588. The second-order valence-electron chi connectivity index (χ2n) is 7.46. The number of rotatable bonds is 4. The van der Waals surface area contributed by atoms with Crippen molar-refractivity contribution in [3.63, 3.8) is 0 Å². The van der Waals surface area contributed by atoms with Crippen LogP contribution in [0.5, 0.6) is 0 Å². The van der Waals surface area contributed by atoms with E-state index in [0.29, 0.717) is 18.8 Å². The largest absolute Gasteiger partial charge is 0.351 e. The molecule has 3 fully saturated rings. The number of hydrogen-bond donors (Lipinski definition) is 1. The van der Waals surface area contributed by atoms with Crippen LogP contribution in [0, 0.1) is 0 Å². The molecule has 9 nitrogen and oxygen atoms in total. The molecule has 2 amide bonds. The summed E-state index contributed by atoms with van der Waals surface area (Å²) in [6, 6.07) is 3.67. The lowest BCUT2D eigenvalue weighted by Crippen LogP contribution is -2.62. The molecule has 1 atom stereocenters. The van der Waals surface area contributed by atoms with Gasteiger partial charge in [0.2, 0.25) is 11.8 Å². The van der Waals surface area contributed by atoms with Crippen LogP contribution in [-0.2, 0) is 9.59 Å².